The second kappa shape index (κ2) is 4.48. The average molecular weight is 202 g/mol. The van der Waals surface area contributed by atoms with E-state index in [1.807, 2.05) is 13.8 Å². The highest BCUT2D eigenvalue weighted by Crippen LogP contribution is 2.15. The van der Waals surface area contributed by atoms with Crippen LogP contribution in [0.1, 0.15) is 19.9 Å². The summed E-state index contributed by atoms with van der Waals surface area (Å²) in [5.41, 5.74) is 5.21. The lowest BCUT2D eigenvalue weighted by Gasteiger charge is -2.07. The summed E-state index contributed by atoms with van der Waals surface area (Å²) in [5, 5.41) is 7.04. The normalized spacial score (nSPS) is 11.1. The molecular formula is C7H14N4OS. The predicted octanol–water partition coefficient (Wildman–Crippen LogP) is 0.203. The molecule has 0 unspecified atom stereocenters. The van der Waals surface area contributed by atoms with Crippen LogP contribution in [0.25, 0.3) is 0 Å². The fourth-order valence-corrected chi connectivity index (χ4v) is 1.84. The number of thioether (sulfide) groups is 1. The highest BCUT2D eigenvalue weighted by atomic mass is 32.2. The molecule has 0 amide bonds. The molecule has 0 spiro atoms. The van der Waals surface area contributed by atoms with Crippen molar-refractivity contribution >= 4 is 11.8 Å². The van der Waals surface area contributed by atoms with Gasteiger partial charge < -0.3 is 5.73 Å². The molecule has 0 atom stereocenters. The highest BCUT2D eigenvalue weighted by Gasteiger charge is 2.10. The van der Waals surface area contributed by atoms with Crippen molar-refractivity contribution in [2.75, 3.05) is 12.3 Å². The van der Waals surface area contributed by atoms with Gasteiger partial charge in [0.1, 0.15) is 0 Å². The van der Waals surface area contributed by atoms with Crippen molar-refractivity contribution in [3.05, 3.63) is 10.5 Å². The number of rotatable bonds is 4. The monoisotopic (exact) mass is 202 g/mol. The number of hydrogen-bond acceptors (Lipinski definition) is 4. The van der Waals surface area contributed by atoms with Gasteiger partial charge in [-0.3, -0.25) is 4.57 Å². The molecule has 0 aromatic carbocycles. The first kappa shape index (κ1) is 10.3. The Labute approximate surface area is 80.7 Å². The topological polar surface area (TPSA) is 76.7 Å². The molecule has 0 saturated carbocycles. The van der Waals surface area contributed by atoms with Gasteiger partial charge in [-0.15, -0.1) is 5.10 Å². The van der Waals surface area contributed by atoms with E-state index in [2.05, 4.69) is 10.2 Å². The number of nitrogens with one attached hydrogen (secondary N) is 1. The summed E-state index contributed by atoms with van der Waals surface area (Å²) in [4.78, 5) is 11.2. The molecule has 0 aliphatic carbocycles. The van der Waals surface area contributed by atoms with E-state index in [1.165, 1.54) is 11.8 Å². The summed E-state index contributed by atoms with van der Waals surface area (Å²) in [5.74, 6) is 0.775. The molecule has 1 heterocycles. The molecular weight excluding hydrogens is 188 g/mol. The lowest BCUT2D eigenvalue weighted by molar-refractivity contribution is 0.534. The summed E-state index contributed by atoms with van der Waals surface area (Å²) in [6.07, 6.45) is 0. The minimum absolute atomic E-state index is 0.131. The SMILES string of the molecule is CC(C)n1c(SCCN)n[nH]c1=O. The third-order valence-corrected chi connectivity index (χ3v) is 2.52. The summed E-state index contributed by atoms with van der Waals surface area (Å²) < 4.78 is 1.63. The second-order valence-electron chi connectivity index (χ2n) is 2.91. The second-order valence-corrected chi connectivity index (χ2v) is 3.97. The summed E-state index contributed by atoms with van der Waals surface area (Å²) in [6, 6.07) is 0.131. The van der Waals surface area contributed by atoms with E-state index in [0.29, 0.717) is 11.7 Å². The standard InChI is InChI=1S/C7H14N4OS/c1-5(2)11-6(12)9-10-7(11)13-4-3-8/h5H,3-4,8H2,1-2H3,(H,9,12). The number of nitrogens with two attached hydrogens (primary N) is 1. The van der Waals surface area contributed by atoms with E-state index in [9.17, 15) is 4.79 Å². The van der Waals surface area contributed by atoms with Crippen molar-refractivity contribution in [1.29, 1.82) is 0 Å². The van der Waals surface area contributed by atoms with Gasteiger partial charge in [0, 0.05) is 18.3 Å². The largest absolute Gasteiger partial charge is 0.344 e. The van der Waals surface area contributed by atoms with Gasteiger partial charge in [0.2, 0.25) is 0 Å². The minimum Gasteiger partial charge on any atom is -0.330 e. The van der Waals surface area contributed by atoms with Crippen LogP contribution < -0.4 is 11.4 Å². The van der Waals surface area contributed by atoms with E-state index < -0.39 is 0 Å². The number of nitrogens with zero attached hydrogens (tertiary/aromatic N) is 2. The molecule has 0 radical (unpaired) electrons. The molecule has 0 aliphatic rings. The molecule has 0 fully saturated rings. The van der Waals surface area contributed by atoms with Crippen molar-refractivity contribution in [2.45, 2.75) is 25.0 Å². The van der Waals surface area contributed by atoms with Crippen LogP contribution in [-0.2, 0) is 0 Å². The van der Waals surface area contributed by atoms with Crippen LogP contribution in [0.15, 0.2) is 9.95 Å². The van der Waals surface area contributed by atoms with Crippen molar-refractivity contribution in [3.8, 4) is 0 Å². The van der Waals surface area contributed by atoms with Crippen molar-refractivity contribution in [1.82, 2.24) is 14.8 Å². The van der Waals surface area contributed by atoms with Crippen LogP contribution in [0.5, 0.6) is 0 Å². The quantitative estimate of drug-likeness (QED) is 0.684. The zero-order valence-electron chi connectivity index (χ0n) is 7.78. The summed E-state index contributed by atoms with van der Waals surface area (Å²) >= 11 is 1.49. The molecule has 6 heteroatoms. The first-order valence-electron chi connectivity index (χ1n) is 4.16. The lowest BCUT2D eigenvalue weighted by Crippen LogP contribution is -2.19. The van der Waals surface area contributed by atoms with E-state index >= 15 is 0 Å². The van der Waals surface area contributed by atoms with Gasteiger partial charge in [-0.2, -0.15) is 0 Å². The molecule has 5 nitrogen and oxygen atoms in total. The van der Waals surface area contributed by atoms with E-state index in [-0.39, 0.29) is 11.7 Å². The Balaban J connectivity index is 2.87. The van der Waals surface area contributed by atoms with Gasteiger partial charge in [-0.1, -0.05) is 11.8 Å². The molecule has 1 aromatic heterocycles. The first-order valence-corrected chi connectivity index (χ1v) is 5.15. The summed E-state index contributed by atoms with van der Waals surface area (Å²) in [7, 11) is 0. The Morgan fingerprint density at radius 2 is 2.38 bits per heavy atom. The smallest absolute Gasteiger partial charge is 0.330 e. The van der Waals surface area contributed by atoms with Crippen molar-refractivity contribution in [2.24, 2.45) is 5.73 Å². The van der Waals surface area contributed by atoms with Gasteiger partial charge in [0.15, 0.2) is 5.16 Å². The molecule has 1 rings (SSSR count). The first-order chi connectivity index (χ1) is 6.16. The van der Waals surface area contributed by atoms with Gasteiger partial charge in [0.05, 0.1) is 0 Å². The Hall–Kier alpha value is -0.750. The zero-order valence-corrected chi connectivity index (χ0v) is 8.60. The maximum Gasteiger partial charge on any atom is 0.344 e. The van der Waals surface area contributed by atoms with Crippen LogP contribution in [-0.4, -0.2) is 27.1 Å². The minimum atomic E-state index is -0.158. The Morgan fingerprint density at radius 3 is 2.92 bits per heavy atom. The van der Waals surface area contributed by atoms with Gasteiger partial charge in [-0.05, 0) is 13.8 Å². The molecule has 74 valence electrons. The highest BCUT2D eigenvalue weighted by molar-refractivity contribution is 7.99. The van der Waals surface area contributed by atoms with E-state index in [1.54, 1.807) is 4.57 Å². The van der Waals surface area contributed by atoms with Gasteiger partial charge in [-0.25, -0.2) is 9.89 Å². The summed E-state index contributed by atoms with van der Waals surface area (Å²) in [6.45, 7) is 4.48. The Morgan fingerprint density at radius 1 is 1.69 bits per heavy atom. The molecule has 1 aromatic rings. The van der Waals surface area contributed by atoms with E-state index in [4.69, 9.17) is 5.73 Å². The maximum absolute atomic E-state index is 11.2. The van der Waals surface area contributed by atoms with Crippen LogP contribution in [0.2, 0.25) is 0 Å². The fourth-order valence-electron chi connectivity index (χ4n) is 0.998. The Bertz CT molecular complexity index is 317. The number of hydrogen-bond donors (Lipinski definition) is 2. The van der Waals surface area contributed by atoms with E-state index in [0.717, 1.165) is 5.75 Å². The zero-order chi connectivity index (χ0) is 9.84. The number of aromatic nitrogens is 3. The fraction of sp³-hybridized carbons (Fsp3) is 0.714. The van der Waals surface area contributed by atoms with Gasteiger partial charge in [0.25, 0.3) is 0 Å². The van der Waals surface area contributed by atoms with Crippen molar-refractivity contribution in [3.63, 3.8) is 0 Å². The van der Waals surface area contributed by atoms with Crippen LogP contribution in [0.3, 0.4) is 0 Å². The molecule has 0 aliphatic heterocycles. The molecule has 0 saturated heterocycles. The van der Waals surface area contributed by atoms with Gasteiger partial charge >= 0.3 is 5.69 Å². The predicted molar refractivity (Wildman–Crippen MR) is 53.0 cm³/mol. The van der Waals surface area contributed by atoms with Crippen LogP contribution in [0.4, 0.5) is 0 Å². The third kappa shape index (κ3) is 2.35. The van der Waals surface area contributed by atoms with Crippen LogP contribution in [0, 0.1) is 0 Å². The maximum atomic E-state index is 11.2. The molecule has 13 heavy (non-hydrogen) atoms. The van der Waals surface area contributed by atoms with Crippen LogP contribution >= 0.6 is 11.8 Å². The third-order valence-electron chi connectivity index (χ3n) is 1.54. The number of H-pyrrole nitrogens is 1. The molecule has 0 bridgehead atoms. The number of aromatic amines is 1. The van der Waals surface area contributed by atoms with Crippen molar-refractivity contribution < 1.29 is 0 Å². The lowest BCUT2D eigenvalue weighted by atomic mass is 10.4. The Kier molecular flexibility index (Phi) is 3.56. The average Bonchev–Trinajstić information content (AvgIpc) is 2.43. The molecule has 3 N–H and O–H groups in total.